The van der Waals surface area contributed by atoms with Crippen LogP contribution in [0.4, 0.5) is 0 Å². The largest absolute Gasteiger partial charge is 0.372 e. The van der Waals surface area contributed by atoms with Crippen molar-refractivity contribution < 1.29 is 9.53 Å². The third-order valence-electron chi connectivity index (χ3n) is 4.00. The molecule has 5 heteroatoms. The lowest BCUT2D eigenvalue weighted by Crippen LogP contribution is -2.48. The van der Waals surface area contributed by atoms with Gasteiger partial charge in [-0.25, -0.2) is 0 Å². The number of aryl methyl sites for hydroxylation is 1. The van der Waals surface area contributed by atoms with E-state index in [2.05, 4.69) is 19.1 Å². The number of fused-ring (bicyclic) bond motifs is 1. The molecule has 0 aliphatic carbocycles. The fraction of sp³-hybridized carbons (Fsp3) is 0.471. The number of morpholine rings is 1. The summed E-state index contributed by atoms with van der Waals surface area (Å²) in [6.07, 6.45) is 1.10. The van der Waals surface area contributed by atoms with E-state index in [1.807, 2.05) is 24.8 Å². The van der Waals surface area contributed by atoms with E-state index < -0.39 is 0 Å². The number of thiophene rings is 1. The van der Waals surface area contributed by atoms with E-state index >= 15 is 0 Å². The highest BCUT2D eigenvalue weighted by Gasteiger charge is 2.29. The Labute approximate surface area is 139 Å². The summed E-state index contributed by atoms with van der Waals surface area (Å²) in [6, 6.07) is 6.23. The molecule has 0 saturated carbocycles. The van der Waals surface area contributed by atoms with Crippen LogP contribution in [0.25, 0.3) is 10.1 Å². The zero-order valence-corrected chi connectivity index (χ0v) is 14.6. The van der Waals surface area contributed by atoms with Gasteiger partial charge in [0.1, 0.15) is 4.88 Å². The van der Waals surface area contributed by atoms with E-state index in [-0.39, 0.29) is 18.1 Å². The Balaban J connectivity index is 1.95. The molecule has 3 nitrogen and oxygen atoms in total. The van der Waals surface area contributed by atoms with Gasteiger partial charge in [-0.2, -0.15) is 0 Å². The number of halogens is 1. The van der Waals surface area contributed by atoms with Crippen molar-refractivity contribution in [2.24, 2.45) is 0 Å². The molecule has 1 aliphatic rings. The molecule has 2 aromatic rings. The van der Waals surface area contributed by atoms with Gasteiger partial charge >= 0.3 is 0 Å². The van der Waals surface area contributed by atoms with Crippen molar-refractivity contribution in [3.05, 3.63) is 33.7 Å². The molecule has 22 heavy (non-hydrogen) atoms. The molecule has 1 aromatic heterocycles. The molecule has 0 bridgehead atoms. The van der Waals surface area contributed by atoms with Crippen molar-refractivity contribution in [1.82, 2.24) is 4.90 Å². The van der Waals surface area contributed by atoms with Gasteiger partial charge in [-0.05, 0) is 31.9 Å². The highest BCUT2D eigenvalue weighted by Crippen LogP contribution is 2.37. The first kappa shape index (κ1) is 15.8. The molecule has 2 heterocycles. The summed E-state index contributed by atoms with van der Waals surface area (Å²) in [5.41, 5.74) is 1.26. The Bertz CT molecular complexity index is 702. The van der Waals surface area contributed by atoms with Crippen LogP contribution in [0, 0.1) is 0 Å². The smallest absolute Gasteiger partial charge is 0.265 e. The predicted molar refractivity (Wildman–Crippen MR) is 92.1 cm³/mol. The van der Waals surface area contributed by atoms with Crippen molar-refractivity contribution >= 4 is 38.9 Å². The lowest BCUT2D eigenvalue weighted by atomic mass is 10.1. The molecular formula is C17H20ClNO2S. The number of amides is 1. The molecule has 0 spiro atoms. The fourth-order valence-corrected chi connectivity index (χ4v) is 4.50. The molecule has 118 valence electrons. The Morgan fingerprint density at radius 3 is 2.68 bits per heavy atom. The average Bonchev–Trinajstić information content (AvgIpc) is 2.82. The van der Waals surface area contributed by atoms with E-state index in [4.69, 9.17) is 16.3 Å². The molecule has 1 fully saturated rings. The van der Waals surface area contributed by atoms with Gasteiger partial charge in [0, 0.05) is 23.2 Å². The van der Waals surface area contributed by atoms with Gasteiger partial charge in [0.2, 0.25) is 0 Å². The predicted octanol–water partition coefficient (Wildman–Crippen LogP) is 4.37. The first-order valence-electron chi connectivity index (χ1n) is 7.65. The molecule has 1 aromatic carbocycles. The van der Waals surface area contributed by atoms with Crippen LogP contribution in [0.1, 0.15) is 36.0 Å². The lowest BCUT2D eigenvalue weighted by molar-refractivity contribution is -0.0584. The topological polar surface area (TPSA) is 29.5 Å². The maximum Gasteiger partial charge on any atom is 0.265 e. The SMILES string of the molecule is CCc1ccc2c(Cl)c(C(=O)N3C[C@@H](C)O[C@@H](C)C3)sc2c1. The van der Waals surface area contributed by atoms with Crippen molar-refractivity contribution in [3.63, 3.8) is 0 Å². The number of hydrogen-bond acceptors (Lipinski definition) is 3. The minimum Gasteiger partial charge on any atom is -0.372 e. The summed E-state index contributed by atoms with van der Waals surface area (Å²) in [6.45, 7) is 7.35. The minimum atomic E-state index is 0.0197. The summed E-state index contributed by atoms with van der Waals surface area (Å²) in [4.78, 5) is 15.3. The normalized spacial score (nSPS) is 22.3. The van der Waals surface area contributed by atoms with E-state index in [1.165, 1.54) is 16.9 Å². The van der Waals surface area contributed by atoms with Crippen LogP contribution < -0.4 is 0 Å². The second-order valence-corrected chi connectivity index (χ2v) is 7.33. The Morgan fingerprint density at radius 2 is 2.05 bits per heavy atom. The zero-order chi connectivity index (χ0) is 15.9. The first-order chi connectivity index (χ1) is 10.5. The minimum absolute atomic E-state index is 0.0197. The molecule has 0 N–H and O–H groups in total. The number of benzene rings is 1. The van der Waals surface area contributed by atoms with Crippen molar-refractivity contribution in [2.75, 3.05) is 13.1 Å². The molecule has 2 atom stereocenters. The summed E-state index contributed by atoms with van der Waals surface area (Å²) < 4.78 is 6.78. The van der Waals surface area contributed by atoms with Crippen LogP contribution in [-0.4, -0.2) is 36.1 Å². The Morgan fingerprint density at radius 1 is 1.36 bits per heavy atom. The van der Waals surface area contributed by atoms with E-state index in [9.17, 15) is 4.79 Å². The van der Waals surface area contributed by atoms with E-state index in [0.717, 1.165) is 16.5 Å². The van der Waals surface area contributed by atoms with Crippen LogP contribution in [0.15, 0.2) is 18.2 Å². The molecule has 1 aliphatic heterocycles. The van der Waals surface area contributed by atoms with Crippen LogP contribution >= 0.6 is 22.9 Å². The van der Waals surface area contributed by atoms with Crippen LogP contribution in [0.3, 0.4) is 0 Å². The van der Waals surface area contributed by atoms with Crippen LogP contribution in [0.5, 0.6) is 0 Å². The Hall–Kier alpha value is -1.10. The molecular weight excluding hydrogens is 318 g/mol. The monoisotopic (exact) mass is 337 g/mol. The summed E-state index contributed by atoms with van der Waals surface area (Å²) >= 11 is 7.96. The molecule has 1 saturated heterocycles. The van der Waals surface area contributed by atoms with Gasteiger partial charge in [-0.1, -0.05) is 30.7 Å². The van der Waals surface area contributed by atoms with Gasteiger partial charge in [-0.3, -0.25) is 4.79 Å². The average molecular weight is 338 g/mol. The highest BCUT2D eigenvalue weighted by molar-refractivity contribution is 7.21. The number of nitrogens with zero attached hydrogens (tertiary/aromatic N) is 1. The number of rotatable bonds is 2. The number of ether oxygens (including phenoxy) is 1. The van der Waals surface area contributed by atoms with Gasteiger partial charge in [-0.15, -0.1) is 11.3 Å². The van der Waals surface area contributed by atoms with Crippen LogP contribution in [-0.2, 0) is 11.2 Å². The zero-order valence-electron chi connectivity index (χ0n) is 13.1. The van der Waals surface area contributed by atoms with E-state index in [1.54, 1.807) is 0 Å². The number of carbonyl (C=O) groups is 1. The third kappa shape index (κ3) is 2.87. The quantitative estimate of drug-likeness (QED) is 0.814. The summed E-state index contributed by atoms with van der Waals surface area (Å²) in [7, 11) is 0. The molecule has 3 rings (SSSR count). The molecule has 0 radical (unpaired) electrons. The fourth-order valence-electron chi connectivity index (χ4n) is 2.95. The summed E-state index contributed by atoms with van der Waals surface area (Å²) in [5.74, 6) is 0.0197. The first-order valence-corrected chi connectivity index (χ1v) is 8.84. The second kappa shape index (κ2) is 6.19. The standard InChI is InChI=1S/C17H20ClNO2S/c1-4-12-5-6-13-14(7-12)22-16(15(13)18)17(20)19-8-10(2)21-11(3)9-19/h5-7,10-11H,4,8-9H2,1-3H3/t10-,11+. The maximum atomic E-state index is 12.8. The van der Waals surface area contributed by atoms with E-state index in [0.29, 0.717) is 23.0 Å². The van der Waals surface area contributed by atoms with Crippen molar-refractivity contribution in [1.29, 1.82) is 0 Å². The third-order valence-corrected chi connectivity index (χ3v) is 5.65. The number of carbonyl (C=O) groups excluding carboxylic acids is 1. The highest BCUT2D eigenvalue weighted by atomic mass is 35.5. The van der Waals surface area contributed by atoms with Gasteiger partial charge in [0.05, 0.1) is 17.2 Å². The Kier molecular flexibility index (Phi) is 4.44. The molecule has 1 amide bonds. The molecule has 0 unspecified atom stereocenters. The number of hydrogen-bond donors (Lipinski definition) is 0. The van der Waals surface area contributed by atoms with Gasteiger partial charge in [0.25, 0.3) is 5.91 Å². The van der Waals surface area contributed by atoms with Crippen LogP contribution in [0.2, 0.25) is 5.02 Å². The van der Waals surface area contributed by atoms with Gasteiger partial charge < -0.3 is 9.64 Å². The lowest BCUT2D eigenvalue weighted by Gasteiger charge is -2.35. The summed E-state index contributed by atoms with van der Waals surface area (Å²) in [5, 5.41) is 1.56. The van der Waals surface area contributed by atoms with Crippen molar-refractivity contribution in [2.45, 2.75) is 39.4 Å². The second-order valence-electron chi connectivity index (χ2n) is 5.90. The van der Waals surface area contributed by atoms with Crippen molar-refractivity contribution in [3.8, 4) is 0 Å². The maximum absolute atomic E-state index is 12.8. The van der Waals surface area contributed by atoms with Gasteiger partial charge in [0.15, 0.2) is 0 Å².